The molecule has 168 valence electrons. The van der Waals surface area contributed by atoms with Gasteiger partial charge in [-0.2, -0.15) is 0 Å². The molecule has 0 aliphatic heterocycles. The Hall–Kier alpha value is -3.43. The van der Waals surface area contributed by atoms with Crippen molar-refractivity contribution in [3.8, 4) is 5.69 Å². The van der Waals surface area contributed by atoms with E-state index in [2.05, 4.69) is 29.7 Å². The maximum Gasteiger partial charge on any atom is 0.279 e. The normalized spacial score (nSPS) is 11.0. The van der Waals surface area contributed by atoms with Crippen molar-refractivity contribution in [2.24, 2.45) is 0 Å². The SMILES string of the molecule is CC(C)c1ccccc1-n1c(SCC(=O)NNC(=O)c2cccs2)nc2ccccc2c1=O. The number of hydrogen-bond donors (Lipinski definition) is 2. The number of carbonyl (C=O) groups is 2. The van der Waals surface area contributed by atoms with Gasteiger partial charge in [-0.05, 0) is 41.1 Å². The highest BCUT2D eigenvalue weighted by Gasteiger charge is 2.18. The molecule has 2 N–H and O–H groups in total. The van der Waals surface area contributed by atoms with Crippen LogP contribution in [0.5, 0.6) is 0 Å². The summed E-state index contributed by atoms with van der Waals surface area (Å²) >= 11 is 2.42. The van der Waals surface area contributed by atoms with Crippen LogP contribution in [0, 0.1) is 0 Å². The molecule has 0 aliphatic carbocycles. The van der Waals surface area contributed by atoms with E-state index in [1.165, 1.54) is 11.3 Å². The van der Waals surface area contributed by atoms with Gasteiger partial charge in [-0.25, -0.2) is 4.98 Å². The summed E-state index contributed by atoms with van der Waals surface area (Å²) in [5, 5.41) is 2.70. The third-order valence-corrected chi connectivity index (χ3v) is 6.74. The molecule has 4 rings (SSSR count). The lowest BCUT2D eigenvalue weighted by molar-refractivity contribution is -0.119. The first kappa shape index (κ1) is 22.8. The van der Waals surface area contributed by atoms with Gasteiger partial charge >= 0.3 is 0 Å². The third-order valence-electron chi connectivity index (χ3n) is 4.94. The van der Waals surface area contributed by atoms with E-state index in [0.717, 1.165) is 23.0 Å². The first-order valence-electron chi connectivity index (χ1n) is 10.3. The molecule has 0 spiro atoms. The summed E-state index contributed by atoms with van der Waals surface area (Å²) < 4.78 is 1.57. The van der Waals surface area contributed by atoms with Crippen LogP contribution < -0.4 is 16.4 Å². The van der Waals surface area contributed by atoms with E-state index in [1.807, 2.05) is 30.3 Å². The first-order valence-corrected chi connectivity index (χ1v) is 12.2. The van der Waals surface area contributed by atoms with Crippen molar-refractivity contribution in [2.45, 2.75) is 24.9 Å². The van der Waals surface area contributed by atoms with Crippen molar-refractivity contribution in [1.29, 1.82) is 0 Å². The zero-order valence-electron chi connectivity index (χ0n) is 18.1. The average Bonchev–Trinajstić information content (AvgIpc) is 3.36. The molecule has 0 saturated carbocycles. The number of nitrogens with zero attached hydrogens (tertiary/aromatic N) is 2. The fourth-order valence-electron chi connectivity index (χ4n) is 3.36. The Kier molecular flexibility index (Phi) is 6.90. The number of hydrogen-bond acceptors (Lipinski definition) is 6. The molecule has 0 atom stereocenters. The minimum atomic E-state index is -0.406. The van der Waals surface area contributed by atoms with Crippen LogP contribution >= 0.6 is 23.1 Å². The van der Waals surface area contributed by atoms with Gasteiger partial charge in [0.05, 0.1) is 27.2 Å². The second kappa shape index (κ2) is 10.0. The Balaban J connectivity index is 1.63. The number of rotatable bonds is 6. The Morgan fingerprint density at radius 3 is 2.55 bits per heavy atom. The summed E-state index contributed by atoms with van der Waals surface area (Å²) in [4.78, 5) is 43.1. The van der Waals surface area contributed by atoms with Gasteiger partial charge in [-0.1, -0.05) is 62.0 Å². The number of aromatic nitrogens is 2. The average molecular weight is 479 g/mol. The Morgan fingerprint density at radius 1 is 1.03 bits per heavy atom. The smallest absolute Gasteiger partial charge is 0.272 e. The van der Waals surface area contributed by atoms with Crippen LogP contribution in [0.4, 0.5) is 0 Å². The number of thioether (sulfide) groups is 1. The van der Waals surface area contributed by atoms with Crippen molar-refractivity contribution < 1.29 is 9.59 Å². The predicted octanol–water partition coefficient (Wildman–Crippen LogP) is 4.12. The van der Waals surface area contributed by atoms with Crippen LogP contribution in [-0.2, 0) is 4.79 Å². The van der Waals surface area contributed by atoms with Gasteiger partial charge in [0.15, 0.2) is 5.16 Å². The van der Waals surface area contributed by atoms with E-state index in [9.17, 15) is 14.4 Å². The molecule has 0 bridgehead atoms. The zero-order chi connectivity index (χ0) is 23.4. The summed E-state index contributed by atoms with van der Waals surface area (Å²) in [7, 11) is 0. The van der Waals surface area contributed by atoms with E-state index in [4.69, 9.17) is 0 Å². The van der Waals surface area contributed by atoms with Crippen molar-refractivity contribution in [2.75, 3.05) is 5.75 Å². The quantitative estimate of drug-likeness (QED) is 0.247. The van der Waals surface area contributed by atoms with Gasteiger partial charge in [0.1, 0.15) is 0 Å². The molecule has 2 amide bonds. The van der Waals surface area contributed by atoms with Crippen molar-refractivity contribution in [1.82, 2.24) is 20.4 Å². The van der Waals surface area contributed by atoms with Crippen LogP contribution in [0.1, 0.15) is 35.0 Å². The van der Waals surface area contributed by atoms with Crippen LogP contribution in [0.2, 0.25) is 0 Å². The highest BCUT2D eigenvalue weighted by Crippen LogP contribution is 2.27. The summed E-state index contributed by atoms with van der Waals surface area (Å²) in [5.41, 5.74) is 6.93. The second-order valence-electron chi connectivity index (χ2n) is 7.53. The number of para-hydroxylation sites is 2. The van der Waals surface area contributed by atoms with Gasteiger partial charge in [0.25, 0.3) is 11.5 Å². The van der Waals surface area contributed by atoms with Crippen molar-refractivity contribution >= 4 is 45.8 Å². The third kappa shape index (κ3) is 4.99. The molecular weight excluding hydrogens is 456 g/mol. The molecule has 2 heterocycles. The molecule has 0 aliphatic rings. The standard InChI is InChI=1S/C24H22N4O3S2/c1-15(2)16-8-4-6-11-19(16)28-23(31)17-9-3-5-10-18(17)25-24(28)33-14-21(29)26-27-22(30)20-12-7-13-32-20/h3-13,15H,14H2,1-2H3,(H,26,29)(H,27,30). The first-order chi connectivity index (χ1) is 16.0. The molecule has 2 aromatic heterocycles. The summed E-state index contributed by atoms with van der Waals surface area (Å²) in [6.45, 7) is 4.13. The molecular formula is C24H22N4O3S2. The Labute approximate surface area is 198 Å². The number of amides is 2. The van der Waals surface area contributed by atoms with E-state index in [0.29, 0.717) is 20.9 Å². The summed E-state index contributed by atoms with van der Waals surface area (Å²) in [5.74, 6) is -0.626. The highest BCUT2D eigenvalue weighted by atomic mass is 32.2. The van der Waals surface area contributed by atoms with E-state index in [-0.39, 0.29) is 23.1 Å². The number of nitrogens with one attached hydrogen (secondary N) is 2. The van der Waals surface area contributed by atoms with E-state index < -0.39 is 5.91 Å². The fraction of sp³-hybridized carbons (Fsp3) is 0.167. The maximum atomic E-state index is 13.5. The Bertz CT molecular complexity index is 1360. The van der Waals surface area contributed by atoms with Gasteiger partial charge < -0.3 is 0 Å². The highest BCUT2D eigenvalue weighted by molar-refractivity contribution is 7.99. The molecule has 0 radical (unpaired) electrons. The lowest BCUT2D eigenvalue weighted by atomic mass is 10.0. The van der Waals surface area contributed by atoms with Crippen molar-refractivity contribution in [3.05, 3.63) is 86.8 Å². The molecule has 9 heteroatoms. The fourth-order valence-corrected chi connectivity index (χ4v) is 4.79. The predicted molar refractivity (Wildman–Crippen MR) is 132 cm³/mol. The number of thiophene rings is 1. The molecule has 7 nitrogen and oxygen atoms in total. The van der Waals surface area contributed by atoms with E-state index >= 15 is 0 Å². The molecule has 4 aromatic rings. The molecule has 33 heavy (non-hydrogen) atoms. The van der Waals surface area contributed by atoms with E-state index in [1.54, 1.807) is 40.3 Å². The minimum Gasteiger partial charge on any atom is -0.272 e. The van der Waals surface area contributed by atoms with Crippen LogP contribution in [0.15, 0.2) is 76.0 Å². The number of hydrazine groups is 1. The lowest BCUT2D eigenvalue weighted by Crippen LogP contribution is -2.42. The van der Waals surface area contributed by atoms with Crippen LogP contribution in [-0.4, -0.2) is 27.1 Å². The molecule has 0 fully saturated rings. The second-order valence-corrected chi connectivity index (χ2v) is 9.42. The molecule has 2 aromatic carbocycles. The minimum absolute atomic E-state index is 0.0284. The maximum absolute atomic E-state index is 13.5. The number of fused-ring (bicyclic) bond motifs is 1. The van der Waals surface area contributed by atoms with Crippen molar-refractivity contribution in [3.63, 3.8) is 0 Å². The van der Waals surface area contributed by atoms with Crippen LogP contribution in [0.25, 0.3) is 16.6 Å². The monoisotopic (exact) mass is 478 g/mol. The lowest BCUT2D eigenvalue weighted by Gasteiger charge is -2.18. The topological polar surface area (TPSA) is 93.1 Å². The summed E-state index contributed by atoms with van der Waals surface area (Å²) in [6.07, 6.45) is 0. The molecule has 0 saturated heterocycles. The van der Waals surface area contributed by atoms with Gasteiger partial charge in [-0.15, -0.1) is 11.3 Å². The summed E-state index contributed by atoms with van der Waals surface area (Å²) in [6, 6.07) is 18.3. The van der Waals surface area contributed by atoms with Gasteiger partial charge in [0, 0.05) is 0 Å². The van der Waals surface area contributed by atoms with Crippen LogP contribution in [0.3, 0.4) is 0 Å². The largest absolute Gasteiger partial charge is 0.279 e. The van der Waals surface area contributed by atoms with Gasteiger partial charge in [-0.3, -0.25) is 29.8 Å². The number of benzene rings is 2. The number of carbonyl (C=O) groups excluding carboxylic acids is 2. The Morgan fingerprint density at radius 2 is 1.79 bits per heavy atom. The zero-order valence-corrected chi connectivity index (χ0v) is 19.7. The van der Waals surface area contributed by atoms with Gasteiger partial charge in [0.2, 0.25) is 5.91 Å². The molecule has 0 unspecified atom stereocenters.